The third-order valence-electron chi connectivity index (χ3n) is 4.00. The SMILES string of the molecule is CCCCCCCCC(CC(Cl)(Cl)CCCCC)C(N)=O. The average molecular weight is 338 g/mol. The highest BCUT2D eigenvalue weighted by Gasteiger charge is 2.30. The maximum absolute atomic E-state index is 11.6. The molecule has 0 fully saturated rings. The summed E-state index contributed by atoms with van der Waals surface area (Å²) in [6.07, 6.45) is 12.6. The van der Waals surface area contributed by atoms with E-state index in [0.717, 1.165) is 44.9 Å². The number of nitrogens with two attached hydrogens (primary N) is 1. The Balaban J connectivity index is 4.02. The van der Waals surface area contributed by atoms with Gasteiger partial charge in [0, 0.05) is 5.92 Å². The molecule has 1 unspecified atom stereocenters. The first-order chi connectivity index (χ1) is 9.93. The highest BCUT2D eigenvalue weighted by Crippen LogP contribution is 2.36. The number of carbonyl (C=O) groups excluding carboxylic acids is 1. The molecule has 126 valence electrons. The molecule has 21 heavy (non-hydrogen) atoms. The summed E-state index contributed by atoms with van der Waals surface area (Å²) in [7, 11) is 0. The molecule has 2 nitrogen and oxygen atoms in total. The first-order valence-corrected chi connectivity index (χ1v) is 9.35. The molecule has 4 heteroatoms. The molecule has 0 bridgehead atoms. The van der Waals surface area contributed by atoms with Crippen LogP contribution in [0.4, 0.5) is 0 Å². The van der Waals surface area contributed by atoms with Crippen molar-refractivity contribution in [2.45, 2.75) is 95.2 Å². The van der Waals surface area contributed by atoms with Gasteiger partial charge in [0.2, 0.25) is 5.91 Å². The van der Waals surface area contributed by atoms with Crippen LogP contribution in [0.1, 0.15) is 90.9 Å². The van der Waals surface area contributed by atoms with Gasteiger partial charge in [0.25, 0.3) is 0 Å². The fraction of sp³-hybridized carbons (Fsp3) is 0.941. The van der Waals surface area contributed by atoms with Crippen LogP contribution in [0.5, 0.6) is 0 Å². The van der Waals surface area contributed by atoms with Gasteiger partial charge in [-0.25, -0.2) is 0 Å². The summed E-state index contributed by atoms with van der Waals surface area (Å²) in [6.45, 7) is 4.36. The number of alkyl halides is 2. The van der Waals surface area contributed by atoms with E-state index in [9.17, 15) is 4.79 Å². The molecule has 0 heterocycles. The van der Waals surface area contributed by atoms with Crippen molar-refractivity contribution in [2.75, 3.05) is 0 Å². The Morgan fingerprint density at radius 1 is 0.952 bits per heavy atom. The van der Waals surface area contributed by atoms with Crippen LogP contribution in [0.2, 0.25) is 0 Å². The van der Waals surface area contributed by atoms with E-state index in [2.05, 4.69) is 13.8 Å². The predicted molar refractivity (Wildman–Crippen MR) is 93.9 cm³/mol. The van der Waals surface area contributed by atoms with Crippen LogP contribution in [-0.2, 0) is 4.79 Å². The zero-order chi connectivity index (χ0) is 16.1. The van der Waals surface area contributed by atoms with Crippen LogP contribution in [0.3, 0.4) is 0 Å². The van der Waals surface area contributed by atoms with Gasteiger partial charge in [-0.05, 0) is 19.3 Å². The second kappa shape index (κ2) is 12.6. The van der Waals surface area contributed by atoms with Gasteiger partial charge in [-0.15, -0.1) is 23.2 Å². The van der Waals surface area contributed by atoms with Crippen molar-refractivity contribution >= 4 is 29.1 Å². The van der Waals surface area contributed by atoms with Crippen molar-refractivity contribution in [3.8, 4) is 0 Å². The van der Waals surface area contributed by atoms with Crippen LogP contribution in [-0.4, -0.2) is 10.2 Å². The second-order valence-electron chi connectivity index (χ2n) is 6.17. The summed E-state index contributed by atoms with van der Waals surface area (Å²) >= 11 is 12.7. The number of hydrogen-bond donors (Lipinski definition) is 1. The molecule has 0 rings (SSSR count). The van der Waals surface area contributed by atoms with Crippen molar-refractivity contribution in [3.05, 3.63) is 0 Å². The minimum Gasteiger partial charge on any atom is -0.369 e. The Bertz CT molecular complexity index is 270. The third kappa shape index (κ3) is 12.3. The van der Waals surface area contributed by atoms with E-state index in [-0.39, 0.29) is 11.8 Å². The van der Waals surface area contributed by atoms with Gasteiger partial charge in [0.15, 0.2) is 0 Å². The summed E-state index contributed by atoms with van der Waals surface area (Å²) < 4.78 is -0.808. The lowest BCUT2D eigenvalue weighted by atomic mass is 9.93. The number of carbonyl (C=O) groups is 1. The lowest BCUT2D eigenvalue weighted by Gasteiger charge is -2.24. The number of halogens is 2. The molecule has 0 aliphatic rings. The van der Waals surface area contributed by atoms with E-state index in [1.54, 1.807) is 0 Å². The maximum atomic E-state index is 11.6. The van der Waals surface area contributed by atoms with Gasteiger partial charge in [0.05, 0.1) is 0 Å². The topological polar surface area (TPSA) is 43.1 Å². The fourth-order valence-corrected chi connectivity index (χ4v) is 3.25. The van der Waals surface area contributed by atoms with Crippen molar-refractivity contribution in [1.82, 2.24) is 0 Å². The molecule has 2 N–H and O–H groups in total. The summed E-state index contributed by atoms with van der Waals surface area (Å²) in [5, 5.41) is 0. The molecule has 0 aromatic rings. The lowest BCUT2D eigenvalue weighted by molar-refractivity contribution is -0.122. The number of unbranched alkanes of at least 4 members (excludes halogenated alkanes) is 7. The molecule has 0 saturated carbocycles. The molecule has 0 aliphatic carbocycles. The summed E-state index contributed by atoms with van der Waals surface area (Å²) in [5.41, 5.74) is 5.50. The molecule has 1 atom stereocenters. The van der Waals surface area contributed by atoms with E-state index in [4.69, 9.17) is 28.9 Å². The van der Waals surface area contributed by atoms with E-state index in [0.29, 0.717) is 6.42 Å². The normalized spacial score (nSPS) is 13.3. The lowest BCUT2D eigenvalue weighted by Crippen LogP contribution is -2.29. The van der Waals surface area contributed by atoms with E-state index < -0.39 is 4.33 Å². The highest BCUT2D eigenvalue weighted by atomic mass is 35.5. The summed E-state index contributed by atoms with van der Waals surface area (Å²) in [5.74, 6) is -0.447. The number of amides is 1. The number of hydrogen-bond acceptors (Lipinski definition) is 1. The van der Waals surface area contributed by atoms with Crippen molar-refractivity contribution in [2.24, 2.45) is 11.7 Å². The quantitative estimate of drug-likeness (QED) is 0.307. The van der Waals surface area contributed by atoms with Crippen LogP contribution in [0.15, 0.2) is 0 Å². The Hall–Kier alpha value is 0.0500. The van der Waals surface area contributed by atoms with Crippen molar-refractivity contribution in [1.29, 1.82) is 0 Å². The first-order valence-electron chi connectivity index (χ1n) is 8.60. The van der Waals surface area contributed by atoms with E-state index >= 15 is 0 Å². The molecule has 0 radical (unpaired) electrons. The van der Waals surface area contributed by atoms with Crippen LogP contribution >= 0.6 is 23.2 Å². The standard InChI is InChI=1S/C17H33Cl2NO/c1-3-5-7-8-9-10-12-15(16(20)21)14-17(18,19)13-11-6-4-2/h15H,3-14H2,1-2H3,(H2,20,21). The zero-order valence-corrected chi connectivity index (χ0v) is 15.3. The molecule has 0 saturated heterocycles. The smallest absolute Gasteiger partial charge is 0.220 e. The second-order valence-corrected chi connectivity index (χ2v) is 7.81. The zero-order valence-electron chi connectivity index (χ0n) is 13.8. The van der Waals surface area contributed by atoms with Crippen LogP contribution in [0, 0.1) is 5.92 Å². The van der Waals surface area contributed by atoms with Crippen LogP contribution < -0.4 is 5.73 Å². The third-order valence-corrected chi connectivity index (χ3v) is 4.69. The Labute approximate surface area is 141 Å². The minimum absolute atomic E-state index is 0.187. The average Bonchev–Trinajstić information content (AvgIpc) is 2.41. The van der Waals surface area contributed by atoms with E-state index in [1.165, 1.54) is 25.7 Å². The largest absolute Gasteiger partial charge is 0.369 e. The molecule has 0 aromatic carbocycles. The molecule has 0 aliphatic heterocycles. The molecular weight excluding hydrogens is 305 g/mol. The Morgan fingerprint density at radius 2 is 1.48 bits per heavy atom. The monoisotopic (exact) mass is 337 g/mol. The molecular formula is C17H33Cl2NO. The van der Waals surface area contributed by atoms with Gasteiger partial charge in [-0.1, -0.05) is 71.6 Å². The molecule has 0 aromatic heterocycles. The highest BCUT2D eigenvalue weighted by molar-refractivity contribution is 6.48. The molecule has 1 amide bonds. The fourth-order valence-electron chi connectivity index (χ4n) is 2.61. The van der Waals surface area contributed by atoms with Gasteiger partial charge in [0.1, 0.15) is 4.33 Å². The van der Waals surface area contributed by atoms with Crippen LogP contribution in [0.25, 0.3) is 0 Å². The molecule has 0 spiro atoms. The number of rotatable bonds is 14. The minimum atomic E-state index is -0.808. The Morgan fingerprint density at radius 3 is 2.05 bits per heavy atom. The Kier molecular flexibility index (Phi) is 12.6. The number of primary amides is 1. The van der Waals surface area contributed by atoms with Gasteiger partial charge < -0.3 is 5.73 Å². The first kappa shape index (κ1) is 21.0. The predicted octanol–water partition coefficient (Wildman–Crippen LogP) is 5.98. The summed E-state index contributed by atoms with van der Waals surface area (Å²) in [4.78, 5) is 11.6. The van der Waals surface area contributed by atoms with Gasteiger partial charge in [-0.3, -0.25) is 4.79 Å². The van der Waals surface area contributed by atoms with Gasteiger partial charge in [-0.2, -0.15) is 0 Å². The van der Waals surface area contributed by atoms with Gasteiger partial charge >= 0.3 is 0 Å². The van der Waals surface area contributed by atoms with Crippen molar-refractivity contribution in [3.63, 3.8) is 0 Å². The maximum Gasteiger partial charge on any atom is 0.220 e. The van der Waals surface area contributed by atoms with E-state index in [1.807, 2.05) is 0 Å². The van der Waals surface area contributed by atoms with Crippen molar-refractivity contribution < 1.29 is 4.79 Å². The summed E-state index contributed by atoms with van der Waals surface area (Å²) in [6, 6.07) is 0.